The van der Waals surface area contributed by atoms with E-state index >= 15 is 0 Å². The van der Waals surface area contributed by atoms with Crippen LogP contribution in [-0.4, -0.2) is 40.6 Å². The normalized spacial score (nSPS) is 17.1. The number of carbonyl (C=O) groups is 2. The van der Waals surface area contributed by atoms with Gasteiger partial charge in [-0.05, 0) is 38.5 Å². The molecule has 1 aliphatic rings. The minimum atomic E-state index is -1.14. The molecule has 0 aromatic carbocycles. The van der Waals surface area contributed by atoms with Crippen molar-refractivity contribution in [3.05, 3.63) is 0 Å². The summed E-state index contributed by atoms with van der Waals surface area (Å²) in [6.45, 7) is 5.57. The molecule has 2 amide bonds. The Labute approximate surface area is 109 Å². The maximum atomic E-state index is 12.1. The lowest BCUT2D eigenvalue weighted by molar-refractivity contribution is -0.144. The van der Waals surface area contributed by atoms with Crippen LogP contribution in [-0.2, 0) is 4.79 Å². The van der Waals surface area contributed by atoms with Crippen LogP contribution in [0.5, 0.6) is 0 Å². The SMILES string of the molecule is CCC(CC)(NC(=O)N(C)C(C)C1CC1)C(=O)O. The molecule has 1 saturated carbocycles. The smallest absolute Gasteiger partial charge is 0.329 e. The molecule has 18 heavy (non-hydrogen) atoms. The molecule has 0 bridgehead atoms. The van der Waals surface area contributed by atoms with Gasteiger partial charge < -0.3 is 15.3 Å². The number of hydrogen-bond acceptors (Lipinski definition) is 2. The Morgan fingerprint density at radius 2 is 1.89 bits per heavy atom. The lowest BCUT2D eigenvalue weighted by Gasteiger charge is -2.33. The van der Waals surface area contributed by atoms with E-state index in [2.05, 4.69) is 5.32 Å². The number of aliphatic carboxylic acids is 1. The van der Waals surface area contributed by atoms with Gasteiger partial charge in [-0.3, -0.25) is 0 Å². The summed E-state index contributed by atoms with van der Waals surface area (Å²) in [6, 6.07) is -0.120. The van der Waals surface area contributed by atoms with Crippen molar-refractivity contribution in [3.63, 3.8) is 0 Å². The van der Waals surface area contributed by atoms with Crippen LogP contribution in [0.25, 0.3) is 0 Å². The molecular formula is C13H24N2O3. The number of nitrogens with one attached hydrogen (secondary N) is 1. The van der Waals surface area contributed by atoms with E-state index in [0.717, 1.165) is 12.8 Å². The van der Waals surface area contributed by atoms with Crippen LogP contribution in [0, 0.1) is 5.92 Å². The zero-order valence-corrected chi connectivity index (χ0v) is 11.7. The fourth-order valence-corrected chi connectivity index (χ4v) is 2.16. The molecule has 5 heteroatoms. The third-order valence-corrected chi connectivity index (χ3v) is 4.20. The summed E-state index contributed by atoms with van der Waals surface area (Å²) in [4.78, 5) is 25.1. The van der Waals surface area contributed by atoms with E-state index in [-0.39, 0.29) is 12.1 Å². The van der Waals surface area contributed by atoms with E-state index in [1.54, 1.807) is 25.8 Å². The maximum absolute atomic E-state index is 12.1. The van der Waals surface area contributed by atoms with Crippen molar-refractivity contribution < 1.29 is 14.7 Å². The van der Waals surface area contributed by atoms with Gasteiger partial charge in [0.2, 0.25) is 0 Å². The molecule has 2 N–H and O–H groups in total. The summed E-state index contributed by atoms with van der Waals surface area (Å²) in [6.07, 6.45) is 3.08. The summed E-state index contributed by atoms with van der Waals surface area (Å²) in [7, 11) is 1.73. The molecule has 0 spiro atoms. The molecule has 0 saturated heterocycles. The Hall–Kier alpha value is -1.26. The second-order valence-electron chi connectivity index (χ2n) is 5.21. The van der Waals surface area contributed by atoms with Crippen molar-refractivity contribution in [2.75, 3.05) is 7.05 Å². The predicted octanol–water partition coefficient (Wildman–Crippen LogP) is 2.07. The first kappa shape index (κ1) is 14.8. The third-order valence-electron chi connectivity index (χ3n) is 4.20. The van der Waals surface area contributed by atoms with Gasteiger partial charge in [-0.15, -0.1) is 0 Å². The van der Waals surface area contributed by atoms with Crippen LogP contribution in [0.15, 0.2) is 0 Å². The molecule has 0 aliphatic heterocycles. The maximum Gasteiger partial charge on any atom is 0.329 e. The number of carboxylic acids is 1. The van der Waals surface area contributed by atoms with Gasteiger partial charge in [0, 0.05) is 13.1 Å². The average molecular weight is 256 g/mol. The van der Waals surface area contributed by atoms with Gasteiger partial charge in [-0.2, -0.15) is 0 Å². The van der Waals surface area contributed by atoms with E-state index in [4.69, 9.17) is 0 Å². The van der Waals surface area contributed by atoms with E-state index in [9.17, 15) is 14.7 Å². The largest absolute Gasteiger partial charge is 0.480 e. The zero-order chi connectivity index (χ0) is 13.9. The van der Waals surface area contributed by atoms with Gasteiger partial charge >= 0.3 is 12.0 Å². The summed E-state index contributed by atoms with van der Waals surface area (Å²) in [5.74, 6) is -0.392. The van der Waals surface area contributed by atoms with Crippen molar-refractivity contribution in [3.8, 4) is 0 Å². The van der Waals surface area contributed by atoms with E-state index < -0.39 is 11.5 Å². The fourth-order valence-electron chi connectivity index (χ4n) is 2.16. The second kappa shape index (κ2) is 5.59. The number of carboxylic acid groups (broad SMARTS) is 1. The molecule has 5 nitrogen and oxygen atoms in total. The highest BCUT2D eigenvalue weighted by Gasteiger charge is 2.39. The quantitative estimate of drug-likeness (QED) is 0.764. The number of nitrogens with zero attached hydrogens (tertiary/aromatic N) is 1. The lowest BCUT2D eigenvalue weighted by atomic mass is 9.93. The monoisotopic (exact) mass is 256 g/mol. The standard InChI is InChI=1S/C13H24N2O3/c1-5-13(6-2,11(16)17)14-12(18)15(4)9(3)10-7-8-10/h9-10H,5-8H2,1-4H3,(H,14,18)(H,16,17). The minimum Gasteiger partial charge on any atom is -0.480 e. The first-order chi connectivity index (χ1) is 8.38. The van der Waals surface area contributed by atoms with Crippen molar-refractivity contribution in [2.45, 2.75) is 58.0 Å². The van der Waals surface area contributed by atoms with E-state index in [1.165, 1.54) is 0 Å². The van der Waals surface area contributed by atoms with Gasteiger partial charge in [0.05, 0.1) is 0 Å². The molecule has 0 heterocycles. The summed E-state index contributed by atoms with van der Waals surface area (Å²) >= 11 is 0. The number of hydrogen-bond donors (Lipinski definition) is 2. The first-order valence-corrected chi connectivity index (χ1v) is 6.66. The Bertz CT molecular complexity index is 322. The number of rotatable bonds is 6. The Kier molecular flexibility index (Phi) is 4.59. The second-order valence-corrected chi connectivity index (χ2v) is 5.21. The van der Waals surface area contributed by atoms with E-state index in [0.29, 0.717) is 18.8 Å². The Balaban J connectivity index is 2.68. The topological polar surface area (TPSA) is 69.6 Å². The third kappa shape index (κ3) is 2.94. The van der Waals surface area contributed by atoms with Gasteiger partial charge in [0.1, 0.15) is 5.54 Å². The zero-order valence-electron chi connectivity index (χ0n) is 11.7. The molecule has 104 valence electrons. The number of carbonyl (C=O) groups excluding carboxylic acids is 1. The molecule has 1 atom stereocenters. The lowest BCUT2D eigenvalue weighted by Crippen LogP contribution is -2.58. The van der Waals surface area contributed by atoms with Crippen molar-refractivity contribution >= 4 is 12.0 Å². The molecule has 1 rings (SSSR count). The van der Waals surface area contributed by atoms with Gasteiger partial charge in [0.25, 0.3) is 0 Å². The highest BCUT2D eigenvalue weighted by molar-refractivity contribution is 5.86. The molecule has 0 radical (unpaired) electrons. The summed E-state index contributed by atoms with van der Waals surface area (Å²) < 4.78 is 0. The Morgan fingerprint density at radius 1 is 1.39 bits per heavy atom. The molecular weight excluding hydrogens is 232 g/mol. The molecule has 0 aromatic rings. The summed E-state index contributed by atoms with van der Waals surface area (Å²) in [5, 5.41) is 12.0. The van der Waals surface area contributed by atoms with Crippen LogP contribution >= 0.6 is 0 Å². The minimum absolute atomic E-state index is 0.171. The van der Waals surface area contributed by atoms with Crippen LogP contribution < -0.4 is 5.32 Å². The fraction of sp³-hybridized carbons (Fsp3) is 0.846. The molecule has 1 unspecified atom stereocenters. The predicted molar refractivity (Wildman–Crippen MR) is 69.4 cm³/mol. The van der Waals surface area contributed by atoms with Gasteiger partial charge in [-0.1, -0.05) is 13.8 Å². The number of urea groups is 1. The molecule has 1 fully saturated rings. The first-order valence-electron chi connectivity index (χ1n) is 6.66. The molecule has 0 aromatic heterocycles. The van der Waals surface area contributed by atoms with Crippen LogP contribution in [0.3, 0.4) is 0 Å². The van der Waals surface area contributed by atoms with Crippen molar-refractivity contribution in [2.24, 2.45) is 5.92 Å². The Morgan fingerprint density at radius 3 is 2.22 bits per heavy atom. The van der Waals surface area contributed by atoms with Crippen LogP contribution in [0.4, 0.5) is 4.79 Å². The van der Waals surface area contributed by atoms with E-state index in [1.807, 2.05) is 6.92 Å². The van der Waals surface area contributed by atoms with Crippen molar-refractivity contribution in [1.29, 1.82) is 0 Å². The average Bonchev–Trinajstić information content (AvgIpc) is 3.17. The van der Waals surface area contributed by atoms with Crippen LogP contribution in [0.1, 0.15) is 46.5 Å². The molecule has 1 aliphatic carbocycles. The van der Waals surface area contributed by atoms with Gasteiger partial charge in [-0.25, -0.2) is 9.59 Å². The highest BCUT2D eigenvalue weighted by Crippen LogP contribution is 2.34. The highest BCUT2D eigenvalue weighted by atomic mass is 16.4. The number of amides is 2. The van der Waals surface area contributed by atoms with Crippen LogP contribution in [0.2, 0.25) is 0 Å². The van der Waals surface area contributed by atoms with Gasteiger partial charge in [0.15, 0.2) is 0 Å². The summed E-state index contributed by atoms with van der Waals surface area (Å²) in [5.41, 5.74) is -1.14. The van der Waals surface area contributed by atoms with Crippen molar-refractivity contribution in [1.82, 2.24) is 10.2 Å².